The van der Waals surface area contributed by atoms with Gasteiger partial charge in [0.1, 0.15) is 20.5 Å². The summed E-state index contributed by atoms with van der Waals surface area (Å²) in [5, 5.41) is 32.5. The van der Waals surface area contributed by atoms with Crippen molar-refractivity contribution < 1.29 is 31.8 Å². The minimum atomic E-state index is -3.81. The topological polar surface area (TPSA) is 193 Å². The van der Waals surface area contributed by atoms with E-state index in [9.17, 15) is 37.1 Å². The van der Waals surface area contributed by atoms with Crippen LogP contribution >= 0.6 is 11.6 Å². The van der Waals surface area contributed by atoms with Gasteiger partial charge in [-0.25, -0.2) is 25.4 Å². The maximum atomic E-state index is 12.1. The zero-order valence-corrected chi connectivity index (χ0v) is 21.5. The summed E-state index contributed by atoms with van der Waals surface area (Å²) in [7, 11) is -2.25. The first-order valence-corrected chi connectivity index (χ1v) is 12.8. The highest BCUT2D eigenvalue weighted by Gasteiger charge is 2.27. The van der Waals surface area contributed by atoms with Gasteiger partial charge >= 0.3 is 0 Å². The Kier molecular flexibility index (Phi) is 10.5. The third-order valence-corrected chi connectivity index (χ3v) is 8.50. The highest BCUT2D eigenvalue weighted by molar-refractivity contribution is 7.89. The number of halogens is 1. The van der Waals surface area contributed by atoms with Crippen LogP contribution in [0.1, 0.15) is 0 Å². The molecule has 0 amide bonds. The number of hydrogen-bond donors (Lipinski definition) is 2. The molecule has 0 unspecified atom stereocenters. The lowest BCUT2D eigenvalue weighted by molar-refractivity contribution is -0.384. The van der Waals surface area contributed by atoms with Crippen molar-refractivity contribution in [2.24, 2.45) is 0 Å². The number of aliphatic hydroxyl groups excluding tert-OH is 1. The Hall–Kier alpha value is -2.89. The molecule has 0 spiro atoms. The van der Waals surface area contributed by atoms with E-state index >= 15 is 0 Å². The van der Waals surface area contributed by atoms with E-state index < -0.39 is 35.6 Å². The molecule has 35 heavy (non-hydrogen) atoms. The number of hydrogen-bond acceptors (Lipinski definition) is 10. The summed E-state index contributed by atoms with van der Waals surface area (Å²) in [5.74, 6) is 0. The van der Waals surface area contributed by atoms with E-state index in [0.717, 1.165) is 14.7 Å². The number of nitro benzene ring substituents is 2. The molecule has 194 valence electrons. The highest BCUT2D eigenvalue weighted by Crippen LogP contribution is 2.33. The molecule has 0 heterocycles. The van der Waals surface area contributed by atoms with Gasteiger partial charge in [-0.15, -0.1) is 0 Å². The fraction of sp³-hybridized carbons (Fsp3) is 0.333. The molecule has 0 radical (unpaired) electrons. The number of nitro groups is 2. The molecule has 0 aliphatic heterocycles. The molecule has 0 fully saturated rings. The Bertz CT molecular complexity index is 1300. The van der Waals surface area contributed by atoms with Crippen LogP contribution in [0.25, 0.3) is 0 Å². The van der Waals surface area contributed by atoms with Gasteiger partial charge in [0, 0.05) is 46.9 Å². The van der Waals surface area contributed by atoms with Gasteiger partial charge in [0.2, 0.25) is 20.0 Å². The van der Waals surface area contributed by atoms with Gasteiger partial charge in [-0.1, -0.05) is 23.7 Å². The van der Waals surface area contributed by atoms with Gasteiger partial charge in [0.25, 0.3) is 11.4 Å². The van der Waals surface area contributed by atoms with E-state index in [1.54, 1.807) is 0 Å². The van der Waals surface area contributed by atoms with Crippen LogP contribution in [0, 0.1) is 20.2 Å². The van der Waals surface area contributed by atoms with Gasteiger partial charge < -0.3 is 10.4 Å². The molecule has 0 atom stereocenters. The number of nitrogens with zero attached hydrogens (tertiary/aromatic N) is 4. The van der Waals surface area contributed by atoms with Crippen molar-refractivity contribution in [3.8, 4) is 0 Å². The van der Waals surface area contributed by atoms with Crippen LogP contribution in [-0.4, -0.2) is 81.7 Å². The fourth-order valence-corrected chi connectivity index (χ4v) is 5.02. The van der Waals surface area contributed by atoms with Crippen molar-refractivity contribution >= 4 is 48.7 Å². The number of aliphatic hydroxyl groups is 1. The molecule has 0 aliphatic carbocycles. The SMILES string of the molecule is CN(C)S(=O)(=O)c1cccc([N+](=O)[O-])c1Cl.CN(C)S(=O)(=O)c1cccc([N+](=O)[O-])c1NCCO. The summed E-state index contributed by atoms with van der Waals surface area (Å²) < 4.78 is 49.6. The average molecular weight is 554 g/mol. The second-order valence-electron chi connectivity index (χ2n) is 6.98. The van der Waals surface area contributed by atoms with E-state index in [4.69, 9.17) is 16.7 Å². The molecule has 2 aromatic rings. The van der Waals surface area contributed by atoms with Gasteiger partial charge in [-0.2, -0.15) is 0 Å². The van der Waals surface area contributed by atoms with Crippen LogP contribution in [-0.2, 0) is 20.0 Å². The largest absolute Gasteiger partial charge is 0.395 e. The van der Waals surface area contributed by atoms with Crippen LogP contribution in [0.4, 0.5) is 17.1 Å². The van der Waals surface area contributed by atoms with Gasteiger partial charge in [-0.3, -0.25) is 20.2 Å². The van der Waals surface area contributed by atoms with E-state index in [0.29, 0.717) is 0 Å². The molecule has 17 heteroatoms. The molecule has 2 rings (SSSR count). The van der Waals surface area contributed by atoms with Crippen molar-refractivity contribution in [3.63, 3.8) is 0 Å². The Balaban J connectivity index is 0.000000355. The van der Waals surface area contributed by atoms with Crippen LogP contribution in [0.3, 0.4) is 0 Å². The summed E-state index contributed by atoms with van der Waals surface area (Å²) in [5.41, 5.74) is -0.892. The predicted octanol–water partition coefficient (Wildman–Crippen LogP) is 1.75. The summed E-state index contributed by atoms with van der Waals surface area (Å²) in [6.07, 6.45) is 0. The summed E-state index contributed by atoms with van der Waals surface area (Å²) in [6.45, 7) is -0.256. The molecule has 14 nitrogen and oxygen atoms in total. The Morgan fingerprint density at radius 2 is 1.29 bits per heavy atom. The third-order valence-electron chi connectivity index (χ3n) is 4.27. The minimum absolute atomic E-state index is 0.0147. The smallest absolute Gasteiger partial charge is 0.293 e. The van der Waals surface area contributed by atoms with E-state index in [1.807, 2.05) is 0 Å². The second kappa shape index (κ2) is 12.2. The quantitative estimate of drug-likeness (QED) is 0.341. The van der Waals surface area contributed by atoms with Crippen molar-refractivity contribution in [1.29, 1.82) is 0 Å². The van der Waals surface area contributed by atoms with Crippen molar-refractivity contribution in [2.45, 2.75) is 9.79 Å². The van der Waals surface area contributed by atoms with Crippen molar-refractivity contribution in [2.75, 3.05) is 46.7 Å². The molecular weight excluding hydrogens is 530 g/mol. The van der Waals surface area contributed by atoms with E-state index in [1.165, 1.54) is 58.5 Å². The maximum absolute atomic E-state index is 12.1. The number of sulfonamides is 2. The molecule has 0 bridgehead atoms. The lowest BCUT2D eigenvalue weighted by Gasteiger charge is -2.15. The van der Waals surface area contributed by atoms with Crippen LogP contribution in [0.2, 0.25) is 5.02 Å². The Labute approximate surface area is 207 Å². The standard InChI is InChI=1S/C10H15N3O5S.C8H9ClN2O4S/c1-12(2)19(17,18)9-5-3-4-8(13(15)16)10(9)11-6-7-14;1-10(2)16(14,15)7-5-3-4-6(8(7)9)11(12)13/h3-5,11,14H,6-7H2,1-2H3;3-5H,1-2H3. The molecule has 2 N–H and O–H groups in total. The van der Waals surface area contributed by atoms with Gasteiger partial charge in [0.15, 0.2) is 0 Å². The zero-order chi connectivity index (χ0) is 27.1. The first-order chi connectivity index (χ1) is 16.1. The van der Waals surface area contributed by atoms with E-state index in [-0.39, 0.29) is 39.3 Å². The molecule has 0 aromatic heterocycles. The first kappa shape index (κ1) is 30.1. The number of benzene rings is 2. The number of rotatable bonds is 9. The summed E-state index contributed by atoms with van der Waals surface area (Å²) in [6, 6.07) is 7.44. The minimum Gasteiger partial charge on any atom is -0.395 e. The van der Waals surface area contributed by atoms with Crippen molar-refractivity contribution in [3.05, 3.63) is 61.6 Å². The lowest BCUT2D eigenvalue weighted by atomic mass is 10.2. The van der Waals surface area contributed by atoms with Crippen molar-refractivity contribution in [1.82, 2.24) is 8.61 Å². The zero-order valence-electron chi connectivity index (χ0n) is 19.1. The average Bonchev–Trinajstić information content (AvgIpc) is 2.77. The second-order valence-corrected chi connectivity index (χ2v) is 11.6. The third kappa shape index (κ3) is 7.06. The molecule has 0 saturated heterocycles. The fourth-order valence-electron chi connectivity index (χ4n) is 2.48. The van der Waals surface area contributed by atoms with E-state index in [2.05, 4.69) is 5.32 Å². The Morgan fingerprint density at radius 1 is 0.857 bits per heavy atom. The number of anilines is 1. The highest BCUT2D eigenvalue weighted by atomic mass is 35.5. The molecule has 2 aromatic carbocycles. The first-order valence-electron chi connectivity index (χ1n) is 9.50. The monoisotopic (exact) mass is 553 g/mol. The van der Waals surface area contributed by atoms with Crippen LogP contribution in [0.5, 0.6) is 0 Å². The molecular formula is C18H24ClN5O9S2. The maximum Gasteiger partial charge on any atom is 0.293 e. The Morgan fingerprint density at radius 3 is 1.71 bits per heavy atom. The van der Waals surface area contributed by atoms with Gasteiger partial charge in [0.05, 0.1) is 16.5 Å². The number of nitrogens with one attached hydrogen (secondary N) is 1. The molecule has 0 aliphatic rings. The van der Waals surface area contributed by atoms with Crippen LogP contribution < -0.4 is 5.32 Å². The summed E-state index contributed by atoms with van der Waals surface area (Å²) in [4.78, 5) is 19.7. The number of para-hydroxylation sites is 1. The normalized spacial score (nSPS) is 11.7. The summed E-state index contributed by atoms with van der Waals surface area (Å²) >= 11 is 5.68. The van der Waals surface area contributed by atoms with Gasteiger partial charge in [-0.05, 0) is 12.1 Å². The predicted molar refractivity (Wildman–Crippen MR) is 129 cm³/mol. The van der Waals surface area contributed by atoms with Crippen LogP contribution in [0.15, 0.2) is 46.2 Å². The molecule has 0 saturated carbocycles. The lowest BCUT2D eigenvalue weighted by Crippen LogP contribution is -2.24.